The number of rotatable bonds is 4. The van der Waals surface area contributed by atoms with Crippen LogP contribution >= 0.6 is 23.1 Å². The van der Waals surface area contributed by atoms with Gasteiger partial charge in [0, 0.05) is 18.1 Å². The number of hydrogen-bond donors (Lipinski definition) is 2. The molecule has 2 heterocycles. The van der Waals surface area contributed by atoms with Gasteiger partial charge in [-0.25, -0.2) is 9.37 Å². The van der Waals surface area contributed by atoms with Crippen molar-refractivity contribution < 1.29 is 9.18 Å². The van der Waals surface area contributed by atoms with E-state index < -0.39 is 11.7 Å². The Balaban J connectivity index is 1.89. The van der Waals surface area contributed by atoms with E-state index in [9.17, 15) is 9.18 Å². The van der Waals surface area contributed by atoms with Crippen LogP contribution in [-0.4, -0.2) is 25.7 Å². The normalized spacial score (nSPS) is 10.9. The first-order valence-corrected chi connectivity index (χ1v) is 8.91. The second kappa shape index (κ2) is 6.81. The summed E-state index contributed by atoms with van der Waals surface area (Å²) in [4.78, 5) is 16.9. The van der Waals surface area contributed by atoms with E-state index in [0.717, 1.165) is 23.5 Å². The quantitative estimate of drug-likeness (QED) is 0.677. The minimum absolute atomic E-state index is 0.0572. The van der Waals surface area contributed by atoms with Gasteiger partial charge in [0.25, 0.3) is 5.91 Å². The topological polar surface area (TPSA) is 98.7 Å². The van der Waals surface area contributed by atoms with Crippen LogP contribution in [0.15, 0.2) is 27.6 Å². The van der Waals surface area contributed by atoms with Crippen LogP contribution in [0.4, 0.5) is 15.2 Å². The molecule has 130 valence electrons. The third kappa shape index (κ3) is 3.64. The summed E-state index contributed by atoms with van der Waals surface area (Å²) in [5.41, 5.74) is 6.86. The zero-order chi connectivity index (χ0) is 18.1. The Morgan fingerprint density at radius 3 is 2.72 bits per heavy atom. The number of carbonyl (C=O) groups is 1. The minimum atomic E-state index is -0.523. The average molecular weight is 378 g/mol. The Labute approximate surface area is 151 Å². The number of nitrogens with one attached hydrogen (secondary N) is 1. The summed E-state index contributed by atoms with van der Waals surface area (Å²) < 4.78 is 16.0. The molecule has 2 aromatic heterocycles. The molecular weight excluding hydrogens is 363 g/mol. The highest BCUT2D eigenvalue weighted by atomic mass is 32.2. The van der Waals surface area contributed by atoms with E-state index in [1.54, 1.807) is 18.5 Å². The lowest BCUT2D eigenvalue weighted by atomic mass is 10.1. The molecule has 0 spiro atoms. The number of nitrogens with two attached hydrogens (primary N) is 1. The fourth-order valence-electron chi connectivity index (χ4n) is 1.99. The fraction of sp³-hybridized carbons (Fsp3) is 0.200. The fourth-order valence-corrected chi connectivity index (χ4v) is 3.56. The Morgan fingerprint density at radius 1 is 1.36 bits per heavy atom. The van der Waals surface area contributed by atoms with Crippen LogP contribution in [0, 0.1) is 19.7 Å². The first kappa shape index (κ1) is 17.4. The van der Waals surface area contributed by atoms with Crippen LogP contribution in [0.2, 0.25) is 0 Å². The Bertz CT molecular complexity index is 952. The molecular formula is C15H15FN6OS2. The number of thiazole rings is 1. The summed E-state index contributed by atoms with van der Waals surface area (Å²) in [5, 5.41) is 13.4. The van der Waals surface area contributed by atoms with Gasteiger partial charge in [-0.05, 0) is 37.7 Å². The molecule has 0 unspecified atom stereocenters. The number of hydrogen-bond acceptors (Lipinski definition) is 7. The minimum Gasteiger partial charge on any atom is -0.398 e. The van der Waals surface area contributed by atoms with Gasteiger partial charge in [0.2, 0.25) is 0 Å². The van der Waals surface area contributed by atoms with Crippen molar-refractivity contribution in [2.24, 2.45) is 7.05 Å². The summed E-state index contributed by atoms with van der Waals surface area (Å²) >= 11 is 2.39. The number of halogens is 1. The van der Waals surface area contributed by atoms with Gasteiger partial charge in [0.05, 0.1) is 16.2 Å². The first-order valence-electron chi connectivity index (χ1n) is 7.21. The van der Waals surface area contributed by atoms with Crippen molar-refractivity contribution in [3.05, 3.63) is 40.4 Å². The predicted octanol–water partition coefficient (Wildman–Crippen LogP) is 3.01. The highest BCUT2D eigenvalue weighted by Gasteiger charge is 2.18. The lowest BCUT2D eigenvalue weighted by molar-refractivity contribution is 0.102. The van der Waals surface area contributed by atoms with Crippen LogP contribution in [-0.2, 0) is 7.05 Å². The summed E-state index contributed by atoms with van der Waals surface area (Å²) in [6, 6.07) is 2.54. The molecule has 0 radical (unpaired) electrons. The molecule has 7 nitrogen and oxygen atoms in total. The molecule has 1 aromatic carbocycles. The third-order valence-corrected chi connectivity index (χ3v) is 5.39. The van der Waals surface area contributed by atoms with Crippen molar-refractivity contribution in [2.45, 2.75) is 23.9 Å². The van der Waals surface area contributed by atoms with E-state index >= 15 is 0 Å². The second-order valence-corrected chi connectivity index (χ2v) is 7.18. The zero-order valence-corrected chi connectivity index (χ0v) is 15.3. The number of aromatic nitrogens is 4. The van der Waals surface area contributed by atoms with Crippen molar-refractivity contribution in [1.29, 1.82) is 0 Å². The molecule has 3 aromatic rings. The molecule has 3 N–H and O–H groups in total. The van der Waals surface area contributed by atoms with Gasteiger partial charge < -0.3 is 10.3 Å². The first-order chi connectivity index (χ1) is 11.8. The number of aryl methyl sites for hydroxylation is 2. The van der Waals surface area contributed by atoms with Crippen LogP contribution in [0.5, 0.6) is 0 Å². The number of amides is 1. The van der Waals surface area contributed by atoms with Crippen molar-refractivity contribution in [2.75, 3.05) is 11.1 Å². The molecule has 0 saturated heterocycles. The monoisotopic (exact) mass is 378 g/mol. The van der Waals surface area contributed by atoms with Crippen LogP contribution in [0.1, 0.15) is 21.9 Å². The number of anilines is 2. The molecule has 0 bridgehead atoms. The predicted molar refractivity (Wildman–Crippen MR) is 95.5 cm³/mol. The maximum atomic E-state index is 14.2. The van der Waals surface area contributed by atoms with Gasteiger partial charge in [0.15, 0.2) is 10.3 Å². The van der Waals surface area contributed by atoms with E-state index in [1.165, 1.54) is 17.4 Å². The van der Waals surface area contributed by atoms with Gasteiger partial charge >= 0.3 is 0 Å². The maximum Gasteiger partial charge on any atom is 0.259 e. The van der Waals surface area contributed by atoms with Crippen molar-refractivity contribution in [1.82, 2.24) is 19.7 Å². The smallest absolute Gasteiger partial charge is 0.259 e. The second-order valence-electron chi connectivity index (χ2n) is 5.31. The van der Waals surface area contributed by atoms with Crippen LogP contribution in [0.25, 0.3) is 0 Å². The standard InChI is InChI=1S/C15H15FN6OS2/c1-7-6-24-14(18-7)19-13(23)9-4-12(10(16)5-11(9)17)25-15-21-20-8(2)22(15)3/h4-6H,17H2,1-3H3,(H,18,19,23). The Kier molecular flexibility index (Phi) is 4.73. The SMILES string of the molecule is Cc1csc(NC(=O)c2cc(Sc3nnc(C)n3C)c(F)cc2N)n1. The maximum absolute atomic E-state index is 14.2. The summed E-state index contributed by atoms with van der Waals surface area (Å²) in [6.07, 6.45) is 0. The van der Waals surface area contributed by atoms with Crippen molar-refractivity contribution in [3.63, 3.8) is 0 Å². The van der Waals surface area contributed by atoms with Crippen molar-refractivity contribution >= 4 is 39.8 Å². The molecule has 0 saturated carbocycles. The van der Waals surface area contributed by atoms with Gasteiger partial charge in [0.1, 0.15) is 11.6 Å². The van der Waals surface area contributed by atoms with Crippen molar-refractivity contribution in [3.8, 4) is 0 Å². The molecule has 10 heteroatoms. The average Bonchev–Trinajstić information content (AvgIpc) is 3.09. The van der Waals surface area contributed by atoms with Gasteiger partial charge in [-0.3, -0.25) is 10.1 Å². The van der Waals surface area contributed by atoms with E-state index in [4.69, 9.17) is 5.73 Å². The van der Waals surface area contributed by atoms with Crippen LogP contribution < -0.4 is 11.1 Å². The van der Waals surface area contributed by atoms with E-state index in [2.05, 4.69) is 20.5 Å². The molecule has 0 aliphatic carbocycles. The molecule has 0 atom stereocenters. The number of nitrogen functional groups attached to an aromatic ring is 1. The molecule has 0 fully saturated rings. The molecule has 3 rings (SSSR count). The summed E-state index contributed by atoms with van der Waals surface area (Å²) in [5.74, 6) is -0.261. The zero-order valence-electron chi connectivity index (χ0n) is 13.7. The lowest BCUT2D eigenvalue weighted by Crippen LogP contribution is -2.14. The Morgan fingerprint density at radius 2 is 2.12 bits per heavy atom. The lowest BCUT2D eigenvalue weighted by Gasteiger charge is -2.09. The Hall–Kier alpha value is -2.46. The van der Waals surface area contributed by atoms with E-state index in [0.29, 0.717) is 16.1 Å². The molecule has 0 aliphatic rings. The number of carbonyl (C=O) groups excluding carboxylic acids is 1. The van der Waals surface area contributed by atoms with E-state index in [1.807, 2.05) is 12.3 Å². The highest BCUT2D eigenvalue weighted by molar-refractivity contribution is 7.99. The van der Waals surface area contributed by atoms with Gasteiger partial charge in [-0.1, -0.05) is 0 Å². The van der Waals surface area contributed by atoms with Gasteiger partial charge in [-0.15, -0.1) is 21.5 Å². The number of nitrogens with zero attached hydrogens (tertiary/aromatic N) is 4. The highest BCUT2D eigenvalue weighted by Crippen LogP contribution is 2.32. The van der Waals surface area contributed by atoms with E-state index in [-0.39, 0.29) is 16.1 Å². The molecule has 1 amide bonds. The van der Waals surface area contributed by atoms with Gasteiger partial charge in [-0.2, -0.15) is 0 Å². The summed E-state index contributed by atoms with van der Waals surface area (Å²) in [6.45, 7) is 3.63. The largest absolute Gasteiger partial charge is 0.398 e. The number of benzene rings is 1. The molecule has 25 heavy (non-hydrogen) atoms. The molecule has 0 aliphatic heterocycles. The summed E-state index contributed by atoms with van der Waals surface area (Å²) in [7, 11) is 1.78. The van der Waals surface area contributed by atoms with Crippen LogP contribution in [0.3, 0.4) is 0 Å². The third-order valence-electron chi connectivity index (χ3n) is 3.44.